The Labute approximate surface area is 221 Å². The Bertz CT molecular complexity index is 1190. The topological polar surface area (TPSA) is 44.2 Å². The van der Waals surface area contributed by atoms with Crippen LogP contribution in [0, 0.1) is 6.92 Å². The average Bonchev–Trinajstić information content (AvgIpc) is 2.95. The molecular weight excluding hydrogens is 456 g/mol. The van der Waals surface area contributed by atoms with Crippen LogP contribution in [0.2, 0.25) is 0 Å². The van der Waals surface area contributed by atoms with Gasteiger partial charge in [0.2, 0.25) is 0 Å². The maximum absolute atomic E-state index is 5.82. The third-order valence-corrected chi connectivity index (χ3v) is 6.47. The quantitative estimate of drug-likeness (QED) is 0.165. The van der Waals surface area contributed by atoms with E-state index in [0.29, 0.717) is 12.4 Å². The van der Waals surface area contributed by atoms with Gasteiger partial charge in [-0.3, -0.25) is 0 Å². The molecule has 3 aromatic carbocycles. The van der Waals surface area contributed by atoms with Crippen molar-refractivity contribution in [2.24, 2.45) is 0 Å². The van der Waals surface area contributed by atoms with Crippen LogP contribution in [0.25, 0.3) is 33.6 Å². The zero-order valence-corrected chi connectivity index (χ0v) is 22.2. The predicted molar refractivity (Wildman–Crippen MR) is 153 cm³/mol. The van der Waals surface area contributed by atoms with Gasteiger partial charge in [0, 0.05) is 18.8 Å². The molecule has 0 fully saturated rings. The fraction of sp³-hybridized carbons (Fsp3) is 0.333. The fourth-order valence-electron chi connectivity index (χ4n) is 4.15. The van der Waals surface area contributed by atoms with Crippen molar-refractivity contribution in [2.45, 2.75) is 52.4 Å². The van der Waals surface area contributed by atoms with Crippen LogP contribution >= 0.6 is 0 Å². The van der Waals surface area contributed by atoms with Gasteiger partial charge in [-0.1, -0.05) is 98.1 Å². The SMILES string of the molecule is CCCCOCCCCCCOc1cnc(-c2ccc(-c3ccc(-c4ccc(C)cc4)cc3)cc2)nc1. The van der Waals surface area contributed by atoms with Gasteiger partial charge in [-0.2, -0.15) is 0 Å². The molecule has 192 valence electrons. The van der Waals surface area contributed by atoms with Crippen LogP contribution in [-0.4, -0.2) is 29.8 Å². The lowest BCUT2D eigenvalue weighted by Crippen LogP contribution is -2.00. The van der Waals surface area contributed by atoms with Gasteiger partial charge in [-0.25, -0.2) is 9.97 Å². The summed E-state index contributed by atoms with van der Waals surface area (Å²) in [5.41, 5.74) is 7.09. The second kappa shape index (κ2) is 14.3. The standard InChI is InChI=1S/C33H38N2O2/c1-3-4-21-36-22-7-5-6-8-23-37-32-24-34-33(35-25-32)31-19-17-30(18-20-31)29-15-13-28(14-16-29)27-11-9-26(2)10-12-27/h9-20,24-25H,3-8,21-23H2,1-2H3. The Morgan fingerprint density at radius 3 is 1.54 bits per heavy atom. The van der Waals surface area contributed by atoms with Crippen molar-refractivity contribution in [1.82, 2.24) is 9.97 Å². The number of aryl methyl sites for hydroxylation is 1. The number of ether oxygens (including phenoxy) is 2. The molecule has 0 atom stereocenters. The summed E-state index contributed by atoms with van der Waals surface area (Å²) in [6.07, 6.45) is 10.4. The van der Waals surface area contributed by atoms with Gasteiger partial charge in [-0.05, 0) is 54.9 Å². The van der Waals surface area contributed by atoms with Gasteiger partial charge in [-0.15, -0.1) is 0 Å². The van der Waals surface area contributed by atoms with Crippen LogP contribution in [0.5, 0.6) is 5.75 Å². The van der Waals surface area contributed by atoms with Gasteiger partial charge in [0.05, 0.1) is 19.0 Å². The number of hydrogen-bond donors (Lipinski definition) is 0. The molecule has 4 rings (SSSR count). The van der Waals surface area contributed by atoms with Crippen LogP contribution in [0.4, 0.5) is 0 Å². The van der Waals surface area contributed by atoms with E-state index in [-0.39, 0.29) is 0 Å². The highest BCUT2D eigenvalue weighted by Crippen LogP contribution is 2.27. The van der Waals surface area contributed by atoms with E-state index in [0.717, 1.165) is 50.2 Å². The number of aromatic nitrogens is 2. The second-order valence-electron chi connectivity index (χ2n) is 9.49. The average molecular weight is 495 g/mol. The van der Waals surface area contributed by atoms with E-state index in [4.69, 9.17) is 9.47 Å². The Hall–Kier alpha value is -3.50. The van der Waals surface area contributed by atoms with E-state index in [1.165, 1.54) is 40.7 Å². The first-order valence-electron chi connectivity index (χ1n) is 13.5. The maximum atomic E-state index is 5.82. The molecule has 37 heavy (non-hydrogen) atoms. The van der Waals surface area contributed by atoms with Gasteiger partial charge >= 0.3 is 0 Å². The second-order valence-corrected chi connectivity index (χ2v) is 9.49. The summed E-state index contributed by atoms with van der Waals surface area (Å²) >= 11 is 0. The van der Waals surface area contributed by atoms with Crippen LogP contribution < -0.4 is 4.74 Å². The number of unbranched alkanes of at least 4 members (excludes halogenated alkanes) is 4. The number of rotatable bonds is 14. The molecule has 0 radical (unpaired) electrons. The molecule has 0 spiro atoms. The zero-order chi connectivity index (χ0) is 25.7. The molecule has 0 unspecified atom stereocenters. The summed E-state index contributed by atoms with van der Waals surface area (Å²) in [5.74, 6) is 1.42. The number of nitrogens with zero attached hydrogens (tertiary/aromatic N) is 2. The minimum absolute atomic E-state index is 0.691. The van der Waals surface area contributed by atoms with E-state index in [1.54, 1.807) is 12.4 Å². The monoisotopic (exact) mass is 494 g/mol. The summed E-state index contributed by atoms with van der Waals surface area (Å²) in [4.78, 5) is 9.03. The highest BCUT2D eigenvalue weighted by Gasteiger charge is 2.05. The molecule has 0 bridgehead atoms. The van der Waals surface area contributed by atoms with Crippen molar-refractivity contribution < 1.29 is 9.47 Å². The molecule has 0 amide bonds. The molecule has 0 saturated carbocycles. The lowest BCUT2D eigenvalue weighted by Gasteiger charge is -2.08. The molecule has 0 saturated heterocycles. The van der Waals surface area contributed by atoms with Gasteiger partial charge in [0.15, 0.2) is 11.6 Å². The summed E-state index contributed by atoms with van der Waals surface area (Å²) in [6, 6.07) is 25.7. The highest BCUT2D eigenvalue weighted by atomic mass is 16.5. The van der Waals surface area contributed by atoms with Crippen molar-refractivity contribution >= 4 is 0 Å². The highest BCUT2D eigenvalue weighted by molar-refractivity contribution is 5.72. The Morgan fingerprint density at radius 2 is 1.00 bits per heavy atom. The van der Waals surface area contributed by atoms with E-state index < -0.39 is 0 Å². The molecule has 4 aromatic rings. The Balaban J connectivity index is 1.22. The molecule has 0 aliphatic rings. The van der Waals surface area contributed by atoms with E-state index in [1.807, 2.05) is 0 Å². The van der Waals surface area contributed by atoms with Crippen molar-refractivity contribution in [2.75, 3.05) is 19.8 Å². The van der Waals surface area contributed by atoms with Gasteiger partial charge in [0.25, 0.3) is 0 Å². The van der Waals surface area contributed by atoms with Crippen molar-refractivity contribution in [3.8, 4) is 39.4 Å². The van der Waals surface area contributed by atoms with Crippen LogP contribution in [0.1, 0.15) is 51.0 Å². The van der Waals surface area contributed by atoms with Crippen molar-refractivity contribution in [1.29, 1.82) is 0 Å². The first-order chi connectivity index (χ1) is 18.2. The van der Waals surface area contributed by atoms with Gasteiger partial charge < -0.3 is 9.47 Å². The summed E-state index contributed by atoms with van der Waals surface area (Å²) in [6.45, 7) is 6.75. The molecule has 0 aliphatic heterocycles. The Kier molecular flexibility index (Phi) is 10.3. The molecular formula is C33H38N2O2. The third kappa shape index (κ3) is 8.26. The van der Waals surface area contributed by atoms with Crippen molar-refractivity contribution in [3.63, 3.8) is 0 Å². The third-order valence-electron chi connectivity index (χ3n) is 6.47. The predicted octanol–water partition coefficient (Wildman–Crippen LogP) is 8.54. The molecule has 1 heterocycles. The van der Waals surface area contributed by atoms with E-state index in [9.17, 15) is 0 Å². The summed E-state index contributed by atoms with van der Waals surface area (Å²) < 4.78 is 11.4. The fourth-order valence-corrected chi connectivity index (χ4v) is 4.15. The summed E-state index contributed by atoms with van der Waals surface area (Å²) in [5, 5.41) is 0. The molecule has 4 nitrogen and oxygen atoms in total. The first-order valence-corrected chi connectivity index (χ1v) is 13.5. The normalized spacial score (nSPS) is 11.0. The minimum atomic E-state index is 0.691. The largest absolute Gasteiger partial charge is 0.490 e. The molecule has 1 aromatic heterocycles. The molecule has 4 heteroatoms. The van der Waals surface area contributed by atoms with E-state index >= 15 is 0 Å². The summed E-state index contributed by atoms with van der Waals surface area (Å²) in [7, 11) is 0. The van der Waals surface area contributed by atoms with Crippen LogP contribution in [0.15, 0.2) is 85.2 Å². The van der Waals surface area contributed by atoms with E-state index in [2.05, 4.69) is 96.6 Å². The Morgan fingerprint density at radius 1 is 0.541 bits per heavy atom. The van der Waals surface area contributed by atoms with Gasteiger partial charge in [0.1, 0.15) is 0 Å². The lowest BCUT2D eigenvalue weighted by molar-refractivity contribution is 0.126. The minimum Gasteiger partial charge on any atom is -0.490 e. The van der Waals surface area contributed by atoms with Crippen LogP contribution in [-0.2, 0) is 4.74 Å². The molecule has 0 aliphatic carbocycles. The first kappa shape index (κ1) is 26.6. The number of hydrogen-bond acceptors (Lipinski definition) is 4. The smallest absolute Gasteiger partial charge is 0.159 e. The zero-order valence-electron chi connectivity index (χ0n) is 22.2. The van der Waals surface area contributed by atoms with Crippen molar-refractivity contribution in [3.05, 3.63) is 90.8 Å². The maximum Gasteiger partial charge on any atom is 0.159 e. The van der Waals surface area contributed by atoms with Crippen LogP contribution in [0.3, 0.4) is 0 Å². The lowest BCUT2D eigenvalue weighted by atomic mass is 9.99. The number of benzene rings is 3. The molecule has 0 N–H and O–H groups in total.